The molecule has 4 saturated heterocycles. The number of fused-ring (bicyclic) bond motifs is 7. The van der Waals surface area contributed by atoms with E-state index in [1.165, 1.54) is 17.5 Å². The summed E-state index contributed by atoms with van der Waals surface area (Å²) in [6, 6.07) is 19.0. The molecule has 3 amide bonds. The minimum absolute atomic E-state index is 0.0314. The van der Waals surface area contributed by atoms with E-state index in [1.54, 1.807) is 27.0 Å². The molecule has 2 aliphatic carbocycles. The standard InChI is InChI=1S/C63H75ClN10O7S/c1-38(41-13-15-45(16-14-41)57-39(2)65-37-82-57)66-58(76)53-32-47(75)34-72(53)61(79)56(44-21-27-71(28-22-44)60(78)54-36-80-29-30-81-54)73-35-50(68-69-73)43-11-9-40(10-12-43)33-70-25-19-42(20-26-70)46-17-18-48-52(31-46)74-51-8-6-7-49(64)55(51)59(77)67-62(74)63(48)23-4-3-5-24-63/h6-8,13-18,31,35,37-38,40,42-44,47,53-54,56,75H,3-5,9-12,19-30,32-34,36H2,1-2H3,(H,66,76)/t38-,40?,43?,47+,53-,54-,56-/m0/s1. The van der Waals surface area contributed by atoms with Gasteiger partial charge in [-0.3, -0.25) is 23.7 Å². The first-order chi connectivity index (χ1) is 39.9. The number of halogens is 1. The molecule has 3 aromatic heterocycles. The number of amides is 3. The first-order valence-corrected chi connectivity index (χ1v) is 31.4. The average molecular weight is 1150 g/mol. The molecule has 82 heavy (non-hydrogen) atoms. The quantitative estimate of drug-likeness (QED) is 0.119. The predicted octanol–water partition coefficient (Wildman–Crippen LogP) is 8.81. The summed E-state index contributed by atoms with van der Waals surface area (Å²) in [5, 5.41) is 24.7. The van der Waals surface area contributed by atoms with Crippen molar-refractivity contribution in [3.8, 4) is 16.1 Å². The third-order valence-corrected chi connectivity index (χ3v) is 21.0. The highest BCUT2D eigenvalue weighted by molar-refractivity contribution is 7.13. The summed E-state index contributed by atoms with van der Waals surface area (Å²) in [4.78, 5) is 72.9. The number of aliphatic hydroxyl groups excluding tert-OH is 1. The molecular weight excluding hydrogens is 1080 g/mol. The van der Waals surface area contributed by atoms with Crippen molar-refractivity contribution in [2.45, 2.75) is 151 Å². The molecule has 6 aromatic rings. The Morgan fingerprint density at radius 3 is 2.43 bits per heavy atom. The van der Waals surface area contributed by atoms with Gasteiger partial charge in [-0.25, -0.2) is 9.67 Å². The first kappa shape index (κ1) is 55.3. The first-order valence-electron chi connectivity index (χ1n) is 30.2. The van der Waals surface area contributed by atoms with Crippen molar-refractivity contribution < 1.29 is 29.0 Å². The second-order valence-corrected chi connectivity index (χ2v) is 25.9. The summed E-state index contributed by atoms with van der Waals surface area (Å²) in [7, 11) is 0. The number of aromatic nitrogens is 6. The number of aryl methyl sites for hydroxylation is 1. The van der Waals surface area contributed by atoms with Gasteiger partial charge in [-0.1, -0.05) is 78.5 Å². The van der Waals surface area contributed by atoms with Crippen molar-refractivity contribution in [1.29, 1.82) is 0 Å². The van der Waals surface area contributed by atoms with Crippen LogP contribution in [-0.4, -0.2) is 144 Å². The molecule has 5 aliphatic heterocycles. The van der Waals surface area contributed by atoms with Crippen LogP contribution in [0.3, 0.4) is 0 Å². The molecular formula is C63H75ClN10O7S. The third-order valence-electron chi connectivity index (χ3n) is 19.7. The zero-order chi connectivity index (χ0) is 56.2. The molecule has 0 unspecified atom stereocenters. The molecule has 17 nitrogen and oxygen atoms in total. The second-order valence-electron chi connectivity index (χ2n) is 24.6. The number of piperidine rings is 2. The maximum absolute atomic E-state index is 15.2. The van der Waals surface area contributed by atoms with Gasteiger partial charge in [0, 0.05) is 44.7 Å². The van der Waals surface area contributed by atoms with E-state index in [4.69, 9.17) is 36.4 Å². The van der Waals surface area contributed by atoms with Crippen molar-refractivity contribution >= 4 is 51.6 Å². The summed E-state index contributed by atoms with van der Waals surface area (Å²) in [6.45, 7) is 9.09. The lowest BCUT2D eigenvalue weighted by atomic mass is 9.69. The number of aliphatic hydroxyl groups is 1. The van der Waals surface area contributed by atoms with Crippen LogP contribution >= 0.6 is 22.9 Å². The molecule has 8 heterocycles. The van der Waals surface area contributed by atoms with E-state index in [9.17, 15) is 19.5 Å². The fraction of sp³-hybridized carbons (Fsp3) is 0.556. The number of rotatable bonds is 12. The highest BCUT2D eigenvalue weighted by Gasteiger charge is 2.48. The maximum atomic E-state index is 15.2. The van der Waals surface area contributed by atoms with E-state index in [0.717, 1.165) is 128 Å². The molecule has 2 N–H and O–H groups in total. The number of benzene rings is 3. The van der Waals surface area contributed by atoms with Crippen molar-refractivity contribution in [1.82, 2.24) is 49.5 Å². The summed E-state index contributed by atoms with van der Waals surface area (Å²) < 4.78 is 15.3. The smallest absolute Gasteiger partial charge is 0.282 e. The minimum Gasteiger partial charge on any atom is -0.391 e. The molecule has 0 radical (unpaired) electrons. The Morgan fingerprint density at radius 1 is 0.915 bits per heavy atom. The Kier molecular flexibility index (Phi) is 15.7. The van der Waals surface area contributed by atoms with Gasteiger partial charge in [0.1, 0.15) is 17.9 Å². The van der Waals surface area contributed by atoms with E-state index in [0.29, 0.717) is 61.4 Å². The van der Waals surface area contributed by atoms with Crippen molar-refractivity contribution in [3.63, 3.8) is 0 Å². The van der Waals surface area contributed by atoms with Gasteiger partial charge >= 0.3 is 0 Å². The third kappa shape index (κ3) is 10.5. The lowest BCUT2D eigenvalue weighted by Crippen LogP contribution is -2.52. The van der Waals surface area contributed by atoms with Crippen LogP contribution in [0, 0.1) is 18.8 Å². The van der Waals surface area contributed by atoms with E-state index < -0.39 is 24.3 Å². The Balaban J connectivity index is 0.662. The number of carbonyl (C=O) groups excluding carboxylic acids is 3. The van der Waals surface area contributed by atoms with Crippen LogP contribution in [0.15, 0.2) is 77.2 Å². The van der Waals surface area contributed by atoms with Crippen LogP contribution < -0.4 is 10.9 Å². The van der Waals surface area contributed by atoms with Crippen LogP contribution in [0.2, 0.25) is 5.02 Å². The molecule has 7 aliphatic rings. The highest BCUT2D eigenvalue weighted by atomic mass is 35.5. The summed E-state index contributed by atoms with van der Waals surface area (Å²) in [6.07, 6.45) is 13.4. The number of carbonyl (C=O) groups is 3. The molecule has 1 spiro atoms. The molecule has 5 atom stereocenters. The minimum atomic E-state index is -0.875. The second kappa shape index (κ2) is 23.3. The molecule has 432 valence electrons. The number of likely N-dealkylation sites (tertiary alicyclic amines) is 3. The molecule has 0 bridgehead atoms. The summed E-state index contributed by atoms with van der Waals surface area (Å²) in [5.74, 6) is 1.23. The lowest BCUT2D eigenvalue weighted by molar-refractivity contribution is -0.159. The molecule has 2 saturated carbocycles. The number of hydrogen-bond acceptors (Lipinski definition) is 13. The van der Waals surface area contributed by atoms with Gasteiger partial charge in [-0.2, -0.15) is 4.98 Å². The van der Waals surface area contributed by atoms with Gasteiger partial charge < -0.3 is 34.6 Å². The van der Waals surface area contributed by atoms with E-state index >= 15 is 4.79 Å². The number of nitrogens with one attached hydrogen (secondary N) is 1. The Morgan fingerprint density at radius 2 is 1.70 bits per heavy atom. The van der Waals surface area contributed by atoms with E-state index in [2.05, 4.69) is 38.0 Å². The van der Waals surface area contributed by atoms with Gasteiger partial charge in [-0.05, 0) is 149 Å². The zero-order valence-corrected chi connectivity index (χ0v) is 48.7. The van der Waals surface area contributed by atoms with Crippen LogP contribution in [0.1, 0.15) is 155 Å². The average Bonchev–Trinajstić information content (AvgIpc) is 4.02. The Bertz CT molecular complexity index is 3380. The zero-order valence-electron chi connectivity index (χ0n) is 47.1. The SMILES string of the molecule is Cc1ncsc1-c1ccc([C@H](C)NC(=O)[C@@H]2C[C@@H](O)CN2C(=O)[C@H](C2CCN(C(=O)[C@@H]3COCCO3)CC2)n2cc(C3CCC(CN4CCC(c5ccc6c(c5)-n5c(nc(=O)c7c(Cl)cccc75)C65CCCCC5)CC4)CC3)nn2)cc1. The van der Waals surface area contributed by atoms with Crippen LogP contribution in [0.25, 0.3) is 27.0 Å². The monoisotopic (exact) mass is 1150 g/mol. The number of hydrogen-bond donors (Lipinski definition) is 2. The van der Waals surface area contributed by atoms with Gasteiger partial charge in [0.2, 0.25) is 11.8 Å². The fourth-order valence-electron chi connectivity index (χ4n) is 15.2. The number of β-amino-alcohol motifs (C(OH)–C–C–N with tert-alkyl or cyclic N) is 1. The van der Waals surface area contributed by atoms with Crippen LogP contribution in [0.5, 0.6) is 0 Å². The largest absolute Gasteiger partial charge is 0.391 e. The molecule has 13 rings (SSSR count). The van der Waals surface area contributed by atoms with Crippen LogP contribution in [0.4, 0.5) is 0 Å². The molecule has 19 heteroatoms. The molecule has 3 aromatic carbocycles. The lowest BCUT2D eigenvalue weighted by Gasteiger charge is -2.38. The van der Waals surface area contributed by atoms with E-state index in [1.807, 2.05) is 66.9 Å². The maximum Gasteiger partial charge on any atom is 0.282 e. The number of ether oxygens (including phenoxy) is 2. The van der Waals surface area contributed by atoms with Gasteiger partial charge in [-0.15, -0.1) is 16.4 Å². The number of thiazole rings is 1. The fourth-order valence-corrected chi connectivity index (χ4v) is 16.3. The van der Waals surface area contributed by atoms with Crippen molar-refractivity contribution in [2.75, 3.05) is 59.1 Å². The topological polar surface area (TPSA) is 190 Å². The normalized spacial score (nSPS) is 25.0. The number of nitrogens with zero attached hydrogens (tertiary/aromatic N) is 9. The summed E-state index contributed by atoms with van der Waals surface area (Å²) >= 11 is 8.27. The van der Waals surface area contributed by atoms with Crippen LogP contribution in [-0.2, 0) is 29.3 Å². The van der Waals surface area contributed by atoms with Crippen molar-refractivity contribution in [2.24, 2.45) is 11.8 Å². The van der Waals surface area contributed by atoms with Gasteiger partial charge in [0.05, 0.1) is 80.8 Å². The summed E-state index contributed by atoms with van der Waals surface area (Å²) in [5.41, 5.74) is 9.88. The van der Waals surface area contributed by atoms with Gasteiger partial charge in [0.15, 0.2) is 6.10 Å². The van der Waals surface area contributed by atoms with Crippen molar-refractivity contribution in [3.05, 3.63) is 122 Å². The van der Waals surface area contributed by atoms with E-state index in [-0.39, 0.29) is 66.1 Å². The Labute approximate surface area is 487 Å². The molecule has 6 fully saturated rings. The highest BCUT2D eigenvalue weighted by Crippen LogP contribution is 2.52. The van der Waals surface area contributed by atoms with Gasteiger partial charge in [0.25, 0.3) is 11.5 Å². The Hall–Kier alpha value is -5.89. The predicted molar refractivity (Wildman–Crippen MR) is 313 cm³/mol.